The van der Waals surface area contributed by atoms with E-state index in [2.05, 4.69) is 12.3 Å². The Balaban J connectivity index is 0. The lowest BCUT2D eigenvalue weighted by Gasteiger charge is -2.01. The molecule has 0 saturated heterocycles. The minimum absolute atomic E-state index is 0.0417. The van der Waals surface area contributed by atoms with Crippen molar-refractivity contribution < 1.29 is 19.7 Å². The van der Waals surface area contributed by atoms with Crippen LogP contribution in [0, 0.1) is 0 Å². The molecule has 0 fully saturated rings. The summed E-state index contributed by atoms with van der Waals surface area (Å²) >= 11 is 0. The summed E-state index contributed by atoms with van der Waals surface area (Å²) in [6.07, 6.45) is 0. The van der Waals surface area contributed by atoms with E-state index in [1.54, 1.807) is 0 Å². The third kappa shape index (κ3) is 24.7. The number of hydrogen-bond donors (Lipinski definition) is 2. The molecule has 0 rings (SSSR count). The number of rotatable bonds is 7. The first-order valence-corrected chi connectivity index (χ1v) is 4.89. The molecule has 0 bridgehead atoms. The van der Waals surface area contributed by atoms with E-state index in [0.29, 0.717) is 26.4 Å². The van der Waals surface area contributed by atoms with Gasteiger partial charge in [-0.2, -0.15) is 0 Å². The van der Waals surface area contributed by atoms with E-state index < -0.39 is 0 Å². The second-order valence-corrected chi connectivity index (χ2v) is 2.85. The third-order valence-corrected chi connectivity index (χ3v) is 1.20. The molecule has 0 aromatic carbocycles. The van der Waals surface area contributed by atoms with E-state index in [9.17, 15) is 0 Å². The molecule has 4 nitrogen and oxygen atoms in total. The summed E-state index contributed by atoms with van der Waals surface area (Å²) < 4.78 is 9.75. The summed E-state index contributed by atoms with van der Waals surface area (Å²) in [5.74, 6) is 0. The van der Waals surface area contributed by atoms with Crippen LogP contribution in [-0.2, 0) is 9.47 Å². The fourth-order valence-corrected chi connectivity index (χ4v) is 0.451. The van der Waals surface area contributed by atoms with Crippen molar-refractivity contribution in [1.82, 2.24) is 0 Å². The van der Waals surface area contributed by atoms with Crippen LogP contribution in [0.2, 0.25) is 0 Å². The molecule has 15 heavy (non-hydrogen) atoms. The molecular formula is C11H22O4. The Morgan fingerprint density at radius 2 is 1.33 bits per heavy atom. The molecule has 0 heterocycles. The highest BCUT2D eigenvalue weighted by atomic mass is 16.5. The molecule has 0 aliphatic rings. The Hall–Kier alpha value is -0.640. The molecule has 0 aliphatic heterocycles. The maximum atomic E-state index is 8.26. The summed E-state index contributed by atoms with van der Waals surface area (Å²) in [6, 6.07) is 0. The maximum Gasteiger partial charge on any atom is 0.0701 e. The molecule has 0 amide bonds. The molecule has 4 heteroatoms. The lowest BCUT2D eigenvalue weighted by Crippen LogP contribution is -2.09. The van der Waals surface area contributed by atoms with Crippen molar-refractivity contribution in [3.8, 4) is 0 Å². The summed E-state index contributed by atoms with van der Waals surface area (Å²) in [6.45, 7) is 9.06. The lowest BCUT2D eigenvalue weighted by molar-refractivity contribution is 0.0222. The number of hydrogen-bond acceptors (Lipinski definition) is 4. The third-order valence-electron chi connectivity index (χ3n) is 1.20. The van der Waals surface area contributed by atoms with Gasteiger partial charge in [0.2, 0.25) is 0 Å². The Labute approximate surface area is 91.8 Å². The molecule has 0 unspecified atom stereocenters. The van der Waals surface area contributed by atoms with Gasteiger partial charge in [0.25, 0.3) is 0 Å². The number of ether oxygens (including phenoxy) is 2. The van der Waals surface area contributed by atoms with E-state index >= 15 is 0 Å². The Bertz CT molecular complexity index is 150. The van der Waals surface area contributed by atoms with Crippen LogP contribution >= 0.6 is 0 Å². The van der Waals surface area contributed by atoms with Gasteiger partial charge in [-0.25, -0.2) is 0 Å². The highest BCUT2D eigenvalue weighted by Gasteiger charge is 1.86. The summed E-state index contributed by atoms with van der Waals surface area (Å²) in [5, 5.41) is 16.5. The molecule has 0 aromatic heterocycles. The molecule has 0 radical (unpaired) electrons. The quantitative estimate of drug-likeness (QED) is 0.489. The van der Waals surface area contributed by atoms with Crippen LogP contribution in [-0.4, -0.2) is 49.9 Å². The minimum Gasteiger partial charge on any atom is -0.394 e. The van der Waals surface area contributed by atoms with Crippen molar-refractivity contribution in [2.45, 2.75) is 13.8 Å². The normalized spacial score (nSPS) is 8.80. The van der Waals surface area contributed by atoms with Crippen LogP contribution in [0.15, 0.2) is 17.9 Å². The highest BCUT2D eigenvalue weighted by Crippen LogP contribution is 1.77. The van der Waals surface area contributed by atoms with Crippen LogP contribution in [0.1, 0.15) is 13.8 Å². The zero-order chi connectivity index (χ0) is 11.9. The average Bonchev–Trinajstić information content (AvgIpc) is 2.24. The predicted molar refractivity (Wildman–Crippen MR) is 59.8 cm³/mol. The Kier molecular flexibility index (Phi) is 17.7. The predicted octanol–water partition coefficient (Wildman–Crippen LogP) is 0.742. The van der Waals surface area contributed by atoms with Crippen LogP contribution < -0.4 is 0 Å². The largest absolute Gasteiger partial charge is 0.394 e. The zero-order valence-corrected chi connectivity index (χ0v) is 9.66. The first-order valence-electron chi connectivity index (χ1n) is 4.89. The van der Waals surface area contributed by atoms with Gasteiger partial charge in [-0.3, -0.25) is 0 Å². The van der Waals surface area contributed by atoms with Crippen LogP contribution in [0.25, 0.3) is 0 Å². The van der Waals surface area contributed by atoms with Crippen LogP contribution in [0.5, 0.6) is 0 Å². The van der Waals surface area contributed by atoms with E-state index in [1.165, 1.54) is 0 Å². The van der Waals surface area contributed by atoms with Crippen molar-refractivity contribution in [3.05, 3.63) is 17.9 Å². The Morgan fingerprint density at radius 3 is 1.53 bits per heavy atom. The second-order valence-electron chi connectivity index (χ2n) is 2.85. The lowest BCUT2D eigenvalue weighted by atomic mass is 10.4. The summed E-state index contributed by atoms with van der Waals surface area (Å²) in [7, 11) is 0. The smallest absolute Gasteiger partial charge is 0.0701 e. The van der Waals surface area contributed by atoms with Gasteiger partial charge in [0.05, 0.1) is 39.6 Å². The molecule has 0 spiro atoms. The van der Waals surface area contributed by atoms with Gasteiger partial charge in [0.15, 0.2) is 0 Å². The Morgan fingerprint density at radius 1 is 1.00 bits per heavy atom. The van der Waals surface area contributed by atoms with Crippen molar-refractivity contribution in [3.63, 3.8) is 0 Å². The number of aliphatic hydroxyl groups is 2. The van der Waals surface area contributed by atoms with Crippen molar-refractivity contribution in [2.24, 2.45) is 0 Å². The van der Waals surface area contributed by atoms with E-state index in [-0.39, 0.29) is 13.2 Å². The molecule has 0 atom stereocenters. The SMILES string of the molecule is C=C=C(C)C.OCCOCCOCCO. The average molecular weight is 218 g/mol. The molecule has 0 saturated carbocycles. The van der Waals surface area contributed by atoms with Gasteiger partial charge < -0.3 is 19.7 Å². The number of allylic oxidation sites excluding steroid dienone is 1. The van der Waals surface area contributed by atoms with Crippen LogP contribution in [0.3, 0.4) is 0 Å². The first-order chi connectivity index (χ1) is 7.18. The standard InChI is InChI=1S/C6H14O4.C5H8/c7-1-3-9-5-6-10-4-2-8;1-4-5(2)3/h7-8H,1-6H2;1H2,2-3H3. The van der Waals surface area contributed by atoms with Crippen molar-refractivity contribution in [2.75, 3.05) is 39.6 Å². The van der Waals surface area contributed by atoms with Gasteiger partial charge in [0.1, 0.15) is 0 Å². The molecule has 0 aromatic rings. The minimum atomic E-state index is 0.0417. The van der Waals surface area contributed by atoms with Crippen molar-refractivity contribution >= 4 is 0 Å². The first kappa shape index (κ1) is 16.8. The van der Waals surface area contributed by atoms with Gasteiger partial charge >= 0.3 is 0 Å². The zero-order valence-electron chi connectivity index (χ0n) is 9.66. The van der Waals surface area contributed by atoms with E-state index in [4.69, 9.17) is 19.7 Å². The monoisotopic (exact) mass is 218 g/mol. The van der Waals surface area contributed by atoms with E-state index in [0.717, 1.165) is 5.57 Å². The molecule has 90 valence electrons. The fourth-order valence-electron chi connectivity index (χ4n) is 0.451. The summed E-state index contributed by atoms with van der Waals surface area (Å²) in [4.78, 5) is 0. The summed E-state index contributed by atoms with van der Waals surface area (Å²) in [5.41, 5.74) is 3.84. The van der Waals surface area contributed by atoms with Crippen LogP contribution in [0.4, 0.5) is 0 Å². The molecular weight excluding hydrogens is 196 g/mol. The fraction of sp³-hybridized carbons (Fsp3) is 0.727. The number of aliphatic hydroxyl groups excluding tert-OH is 2. The van der Waals surface area contributed by atoms with Gasteiger partial charge in [-0.1, -0.05) is 6.58 Å². The van der Waals surface area contributed by atoms with Crippen molar-refractivity contribution in [1.29, 1.82) is 0 Å². The van der Waals surface area contributed by atoms with Gasteiger partial charge in [-0.05, 0) is 19.4 Å². The maximum absolute atomic E-state index is 8.26. The molecule has 2 N–H and O–H groups in total. The van der Waals surface area contributed by atoms with Gasteiger partial charge in [0, 0.05) is 0 Å². The van der Waals surface area contributed by atoms with Gasteiger partial charge in [-0.15, -0.1) is 5.73 Å². The highest BCUT2D eigenvalue weighted by molar-refractivity contribution is 4.87. The topological polar surface area (TPSA) is 58.9 Å². The second kappa shape index (κ2) is 15.8. The molecule has 0 aliphatic carbocycles. The van der Waals surface area contributed by atoms with E-state index in [1.807, 2.05) is 13.8 Å².